The molecule has 0 aliphatic carbocycles. The second-order valence-electron chi connectivity index (χ2n) is 6.00. The fourth-order valence-corrected chi connectivity index (χ4v) is 2.71. The smallest absolute Gasteiger partial charge is 0.431 e. The van der Waals surface area contributed by atoms with Crippen molar-refractivity contribution in [1.29, 1.82) is 0 Å². The van der Waals surface area contributed by atoms with Crippen molar-refractivity contribution in [2.24, 2.45) is 5.92 Å². The highest BCUT2D eigenvalue weighted by molar-refractivity contribution is 5.96. The second kappa shape index (κ2) is 9.45. The Hall–Kier alpha value is -2.33. The summed E-state index contributed by atoms with van der Waals surface area (Å²) in [4.78, 5) is 24.5. The number of carbonyl (C=O) groups excluding carboxylic acids is 2. The maximum absolute atomic E-state index is 14.4. The van der Waals surface area contributed by atoms with Gasteiger partial charge in [0, 0.05) is 12.3 Å². The van der Waals surface area contributed by atoms with Gasteiger partial charge < -0.3 is 9.47 Å². The molecule has 29 heavy (non-hydrogen) atoms. The van der Waals surface area contributed by atoms with Gasteiger partial charge >= 0.3 is 24.3 Å². The Morgan fingerprint density at radius 3 is 1.59 bits per heavy atom. The van der Waals surface area contributed by atoms with E-state index in [1.54, 1.807) is 0 Å². The fraction of sp³-hybridized carbons (Fsp3) is 0.556. The Kier molecular flexibility index (Phi) is 8.05. The molecule has 0 aromatic heterocycles. The van der Waals surface area contributed by atoms with Crippen molar-refractivity contribution >= 4 is 11.9 Å². The summed E-state index contributed by atoms with van der Waals surface area (Å²) in [6.45, 7) is 2.02. The molecule has 164 valence electrons. The van der Waals surface area contributed by atoms with Crippen molar-refractivity contribution in [3.05, 3.63) is 35.9 Å². The molecule has 0 fully saturated rings. The van der Waals surface area contributed by atoms with Crippen LogP contribution in [0.3, 0.4) is 0 Å². The summed E-state index contributed by atoms with van der Waals surface area (Å²) >= 11 is 0. The molecule has 0 bridgehead atoms. The van der Waals surface area contributed by atoms with Crippen molar-refractivity contribution in [1.82, 2.24) is 0 Å². The van der Waals surface area contributed by atoms with Gasteiger partial charge in [0.05, 0.1) is 13.2 Å². The molecule has 0 radical (unpaired) electrons. The first-order chi connectivity index (χ1) is 13.3. The topological polar surface area (TPSA) is 52.6 Å². The van der Waals surface area contributed by atoms with E-state index in [1.807, 2.05) is 0 Å². The third-order valence-corrected chi connectivity index (χ3v) is 4.11. The van der Waals surface area contributed by atoms with Gasteiger partial charge in [0.1, 0.15) is 0 Å². The third-order valence-electron chi connectivity index (χ3n) is 4.11. The number of ether oxygens (including phenoxy) is 2. The van der Waals surface area contributed by atoms with E-state index in [0.717, 1.165) is 12.1 Å². The van der Waals surface area contributed by atoms with Crippen molar-refractivity contribution in [3.63, 3.8) is 0 Å². The molecule has 1 aromatic carbocycles. The Morgan fingerprint density at radius 1 is 0.828 bits per heavy atom. The average molecular weight is 432 g/mol. The van der Waals surface area contributed by atoms with E-state index in [-0.39, 0.29) is 18.8 Å². The second-order valence-corrected chi connectivity index (χ2v) is 6.00. The van der Waals surface area contributed by atoms with Crippen LogP contribution in [0.25, 0.3) is 0 Å². The number of carbonyl (C=O) groups is 2. The van der Waals surface area contributed by atoms with E-state index in [4.69, 9.17) is 0 Å². The van der Waals surface area contributed by atoms with Gasteiger partial charge in [0.2, 0.25) is 0 Å². The Labute approximate surface area is 162 Å². The van der Waals surface area contributed by atoms with Gasteiger partial charge in [-0.15, -0.1) is 0 Å². The van der Waals surface area contributed by atoms with E-state index in [9.17, 15) is 40.3 Å². The molecule has 1 aromatic rings. The summed E-state index contributed by atoms with van der Waals surface area (Å²) in [5, 5.41) is 0. The molecule has 0 heterocycles. The van der Waals surface area contributed by atoms with Crippen LogP contribution in [-0.4, -0.2) is 43.2 Å². The summed E-state index contributed by atoms with van der Waals surface area (Å²) in [6, 6.07) is 6.10. The molecule has 11 heteroatoms. The molecule has 4 nitrogen and oxygen atoms in total. The molecule has 1 unspecified atom stereocenters. The summed E-state index contributed by atoms with van der Waals surface area (Å²) in [7, 11) is 0. The van der Waals surface area contributed by atoms with Crippen LogP contribution >= 0.6 is 0 Å². The van der Waals surface area contributed by atoms with Crippen LogP contribution in [0.4, 0.5) is 30.7 Å². The predicted octanol–water partition coefficient (Wildman–Crippen LogP) is 4.74. The van der Waals surface area contributed by atoms with Crippen LogP contribution in [0.2, 0.25) is 0 Å². The Bertz CT molecular complexity index is 654. The monoisotopic (exact) mass is 432 g/mol. The number of esters is 2. The van der Waals surface area contributed by atoms with E-state index in [0.29, 0.717) is 0 Å². The Morgan fingerprint density at radius 2 is 1.24 bits per heavy atom. The molecule has 1 rings (SSSR count). The van der Waals surface area contributed by atoms with E-state index in [2.05, 4.69) is 9.47 Å². The van der Waals surface area contributed by atoms with Crippen molar-refractivity contribution in [2.45, 2.75) is 44.2 Å². The predicted molar refractivity (Wildman–Crippen MR) is 86.5 cm³/mol. The van der Waals surface area contributed by atoms with Crippen molar-refractivity contribution in [3.8, 4) is 0 Å². The molecule has 0 aliphatic heterocycles. The summed E-state index contributed by atoms with van der Waals surface area (Å²) in [6.07, 6.45) is -14.9. The zero-order valence-corrected chi connectivity index (χ0v) is 15.4. The van der Waals surface area contributed by atoms with Gasteiger partial charge in [0.15, 0.2) is 5.92 Å². The minimum Gasteiger partial charge on any atom is -0.465 e. The molecule has 0 spiro atoms. The Balaban J connectivity index is 3.60. The molecular weight excluding hydrogens is 413 g/mol. The highest BCUT2D eigenvalue weighted by Crippen LogP contribution is 2.52. The van der Waals surface area contributed by atoms with Crippen LogP contribution in [0, 0.1) is 5.92 Å². The first-order valence-corrected chi connectivity index (χ1v) is 8.50. The third kappa shape index (κ3) is 5.60. The number of hydrogen-bond acceptors (Lipinski definition) is 4. The van der Waals surface area contributed by atoms with Gasteiger partial charge in [-0.25, -0.2) is 4.39 Å². The molecule has 1 atom stereocenters. The number of rotatable bonds is 8. The molecular formula is C18H19F7O4. The highest BCUT2D eigenvalue weighted by atomic mass is 19.4. The minimum absolute atomic E-state index is 0.283. The highest BCUT2D eigenvalue weighted by Gasteiger charge is 2.73. The van der Waals surface area contributed by atoms with Crippen molar-refractivity contribution < 1.29 is 49.8 Å². The molecule has 0 saturated carbocycles. The van der Waals surface area contributed by atoms with Gasteiger partial charge in [-0.1, -0.05) is 30.3 Å². The van der Waals surface area contributed by atoms with Crippen LogP contribution in [-0.2, 0) is 19.1 Å². The van der Waals surface area contributed by atoms with Gasteiger partial charge in [-0.3, -0.25) is 9.59 Å². The maximum Gasteiger partial charge on any atom is 0.431 e. The van der Waals surface area contributed by atoms with Gasteiger partial charge in [0.25, 0.3) is 5.67 Å². The minimum atomic E-state index is -6.34. The maximum atomic E-state index is 14.4. The largest absolute Gasteiger partial charge is 0.465 e. The van der Waals surface area contributed by atoms with Crippen LogP contribution in [0.5, 0.6) is 0 Å². The summed E-state index contributed by atoms with van der Waals surface area (Å²) < 4.78 is 102. The van der Waals surface area contributed by atoms with Crippen molar-refractivity contribution in [2.75, 3.05) is 13.2 Å². The average Bonchev–Trinajstić information content (AvgIpc) is 2.60. The van der Waals surface area contributed by atoms with Crippen LogP contribution < -0.4 is 0 Å². The van der Waals surface area contributed by atoms with Gasteiger partial charge in [-0.2, -0.15) is 26.3 Å². The molecule has 0 aliphatic rings. The molecule has 0 amide bonds. The van der Waals surface area contributed by atoms with Crippen LogP contribution in [0.15, 0.2) is 30.3 Å². The van der Waals surface area contributed by atoms with E-state index in [1.165, 1.54) is 32.0 Å². The zero-order chi connectivity index (χ0) is 22.5. The zero-order valence-electron chi connectivity index (χ0n) is 15.4. The normalized spacial score (nSPS) is 13.9. The lowest BCUT2D eigenvalue weighted by molar-refractivity contribution is -0.345. The van der Waals surface area contributed by atoms with E-state index < -0.39 is 48.2 Å². The quantitative estimate of drug-likeness (QED) is 0.339. The fourth-order valence-electron chi connectivity index (χ4n) is 2.71. The molecule has 0 N–H and O–H groups in total. The number of halogens is 7. The summed E-state index contributed by atoms with van der Waals surface area (Å²) in [5.74, 6) is -7.20. The first-order valence-electron chi connectivity index (χ1n) is 8.50. The lowest BCUT2D eigenvalue weighted by Crippen LogP contribution is -2.55. The lowest BCUT2D eigenvalue weighted by Gasteiger charge is -2.34. The van der Waals surface area contributed by atoms with E-state index >= 15 is 0 Å². The lowest BCUT2D eigenvalue weighted by atomic mass is 9.77. The van der Waals surface area contributed by atoms with Crippen LogP contribution in [0.1, 0.15) is 31.7 Å². The summed E-state index contributed by atoms with van der Waals surface area (Å²) in [5.41, 5.74) is -5.95. The van der Waals surface area contributed by atoms with Gasteiger partial charge in [-0.05, 0) is 19.4 Å². The molecule has 0 saturated heterocycles. The number of hydrogen-bond donors (Lipinski definition) is 0. The number of benzene rings is 1. The first kappa shape index (κ1) is 24.7. The SMILES string of the molecule is CCOC(=O)C(C(=O)OCC)C(CC(F)(C(F)(F)F)C(F)(F)F)c1ccccc1. The number of alkyl halides is 7. The standard InChI is InChI=1S/C18H19F7O4/c1-3-28-14(26)13(15(27)29-4-2)12(11-8-6-5-7-9-11)10-16(19,17(20,21)22)18(23,24)25/h5-9,12-13H,3-4,10H2,1-2H3.